The largest absolute Gasteiger partial charge is 0.444 e. The van der Waals surface area contributed by atoms with Gasteiger partial charge in [-0.25, -0.2) is 9.78 Å². The van der Waals surface area contributed by atoms with E-state index in [1.165, 1.54) is 17.7 Å². The number of Topliss-reactive ketones (excluding diaryl/α,β-unsaturated/α-hetero) is 1. The molecule has 2 aromatic rings. The summed E-state index contributed by atoms with van der Waals surface area (Å²) in [5, 5.41) is 2.42. The van der Waals surface area contributed by atoms with Crippen molar-refractivity contribution in [2.75, 3.05) is 5.32 Å². The van der Waals surface area contributed by atoms with E-state index in [1.807, 2.05) is 30.3 Å². The van der Waals surface area contributed by atoms with Crippen LogP contribution >= 0.6 is 0 Å². The number of ketones is 1. The van der Waals surface area contributed by atoms with Crippen LogP contribution in [0.5, 0.6) is 0 Å². The Morgan fingerprint density at radius 3 is 2.72 bits per heavy atom. The Morgan fingerprint density at radius 2 is 2.04 bits per heavy atom. The molecule has 3 rings (SSSR count). The van der Waals surface area contributed by atoms with Gasteiger partial charge in [0.25, 0.3) is 5.56 Å². The Hall–Kier alpha value is -2.96. The van der Waals surface area contributed by atoms with E-state index in [-0.39, 0.29) is 18.1 Å². The lowest BCUT2D eigenvalue weighted by Crippen LogP contribution is -2.42. The molecule has 7 nitrogen and oxygen atoms in total. The lowest BCUT2D eigenvalue weighted by atomic mass is 9.95. The van der Waals surface area contributed by atoms with Gasteiger partial charge < -0.3 is 4.74 Å². The Balaban J connectivity index is 1.77. The van der Waals surface area contributed by atoms with Crippen molar-refractivity contribution < 1.29 is 14.3 Å². The quantitative estimate of drug-likeness (QED) is 0.921. The number of fused-ring (bicyclic) bond motifs is 1. The molecule has 1 aliphatic heterocycles. The summed E-state index contributed by atoms with van der Waals surface area (Å²) in [6.07, 6.45) is 1.63. The molecule has 1 atom stereocenters. The van der Waals surface area contributed by atoms with E-state index >= 15 is 0 Å². The lowest BCUT2D eigenvalue weighted by molar-refractivity contribution is -0.124. The highest BCUT2D eigenvalue weighted by Gasteiger charge is 2.40. The molecule has 0 saturated heterocycles. The molecule has 1 unspecified atom stereocenters. The van der Waals surface area contributed by atoms with E-state index < -0.39 is 17.2 Å². The average Bonchev–Trinajstić information content (AvgIpc) is 2.96. The number of ether oxygens (including phenoxy) is 1. The normalized spacial score (nSPS) is 18.5. The predicted octanol–water partition coefficient (Wildman–Crippen LogP) is 2.24. The molecular weight excluding hydrogens is 322 g/mol. The summed E-state index contributed by atoms with van der Waals surface area (Å²) < 4.78 is 6.49. The van der Waals surface area contributed by atoms with E-state index in [2.05, 4.69) is 10.3 Å². The summed E-state index contributed by atoms with van der Waals surface area (Å²) in [7, 11) is 0. The first-order chi connectivity index (χ1) is 11.9. The third-order valence-electron chi connectivity index (χ3n) is 4.57. The molecule has 0 bridgehead atoms. The number of aromatic nitrogens is 2. The summed E-state index contributed by atoms with van der Waals surface area (Å²) in [4.78, 5) is 40.8. The smallest absolute Gasteiger partial charge is 0.412 e. The zero-order chi connectivity index (χ0) is 18.0. The maximum atomic E-state index is 12.7. The van der Waals surface area contributed by atoms with Gasteiger partial charge >= 0.3 is 6.09 Å². The molecule has 130 valence electrons. The standard InChI is InChI=1S/C18H19N3O4/c1-12(22)18(2)9-8-15-19-10-14(16(23)21(15)18)20-17(24)25-11-13-6-4-3-5-7-13/h3-7,10H,8-9,11H2,1-2H3,(H,20,24). The molecule has 25 heavy (non-hydrogen) atoms. The van der Waals surface area contributed by atoms with Gasteiger partial charge in [-0.2, -0.15) is 0 Å². The van der Waals surface area contributed by atoms with Crippen LogP contribution in [0.3, 0.4) is 0 Å². The minimum atomic E-state index is -0.926. The van der Waals surface area contributed by atoms with Crippen molar-refractivity contribution in [2.24, 2.45) is 0 Å². The number of carbonyl (C=O) groups is 2. The average molecular weight is 341 g/mol. The first-order valence-corrected chi connectivity index (χ1v) is 8.02. The second kappa shape index (κ2) is 6.51. The maximum absolute atomic E-state index is 12.7. The highest BCUT2D eigenvalue weighted by Crippen LogP contribution is 2.30. The molecule has 0 radical (unpaired) electrons. The van der Waals surface area contributed by atoms with Crippen LogP contribution in [-0.4, -0.2) is 21.4 Å². The van der Waals surface area contributed by atoms with Crippen LogP contribution in [0.4, 0.5) is 10.5 Å². The van der Waals surface area contributed by atoms with E-state index in [0.29, 0.717) is 18.7 Å². The summed E-state index contributed by atoms with van der Waals surface area (Å²) in [6.45, 7) is 3.26. The summed E-state index contributed by atoms with van der Waals surface area (Å²) in [6, 6.07) is 9.22. The number of nitrogens with one attached hydrogen (secondary N) is 1. The molecule has 2 heterocycles. The SMILES string of the molecule is CC(=O)C1(C)CCc2ncc(NC(=O)OCc3ccccc3)c(=O)n21. The van der Waals surface area contributed by atoms with Crippen LogP contribution < -0.4 is 10.9 Å². The van der Waals surface area contributed by atoms with Crippen molar-refractivity contribution in [2.45, 2.75) is 38.8 Å². The summed E-state index contributed by atoms with van der Waals surface area (Å²) in [5.41, 5.74) is -0.538. The second-order valence-corrected chi connectivity index (χ2v) is 6.25. The number of hydrogen-bond acceptors (Lipinski definition) is 5. The van der Waals surface area contributed by atoms with Gasteiger partial charge in [-0.15, -0.1) is 0 Å². The number of amides is 1. The highest BCUT2D eigenvalue weighted by atomic mass is 16.5. The zero-order valence-electron chi connectivity index (χ0n) is 14.1. The van der Waals surface area contributed by atoms with Crippen LogP contribution in [-0.2, 0) is 28.1 Å². The van der Waals surface area contributed by atoms with Crippen LogP contribution in [0.15, 0.2) is 41.3 Å². The number of benzene rings is 1. The van der Waals surface area contributed by atoms with Gasteiger partial charge in [-0.05, 0) is 25.8 Å². The van der Waals surface area contributed by atoms with Crippen molar-refractivity contribution in [3.8, 4) is 0 Å². The third-order valence-corrected chi connectivity index (χ3v) is 4.57. The second-order valence-electron chi connectivity index (χ2n) is 6.25. The number of rotatable bonds is 4. The fourth-order valence-corrected chi connectivity index (χ4v) is 2.93. The fourth-order valence-electron chi connectivity index (χ4n) is 2.93. The molecular formula is C18H19N3O4. The van der Waals surface area contributed by atoms with Crippen LogP contribution in [0, 0.1) is 0 Å². The molecule has 1 amide bonds. The van der Waals surface area contributed by atoms with Crippen molar-refractivity contribution in [1.82, 2.24) is 9.55 Å². The van der Waals surface area contributed by atoms with Gasteiger partial charge in [0.05, 0.1) is 6.20 Å². The van der Waals surface area contributed by atoms with E-state index in [0.717, 1.165) is 5.56 Å². The first-order valence-electron chi connectivity index (χ1n) is 8.02. The van der Waals surface area contributed by atoms with Gasteiger partial charge in [0.1, 0.15) is 23.7 Å². The van der Waals surface area contributed by atoms with Gasteiger partial charge in [-0.3, -0.25) is 19.5 Å². The van der Waals surface area contributed by atoms with Gasteiger partial charge in [0.15, 0.2) is 5.78 Å². The Labute approximate surface area is 144 Å². The van der Waals surface area contributed by atoms with E-state index in [1.54, 1.807) is 6.92 Å². The fraction of sp³-hybridized carbons (Fsp3) is 0.333. The number of hydrogen-bond donors (Lipinski definition) is 1. The molecule has 1 aromatic heterocycles. The summed E-state index contributed by atoms with van der Waals surface area (Å²) >= 11 is 0. The van der Waals surface area contributed by atoms with Crippen LogP contribution in [0.25, 0.3) is 0 Å². The van der Waals surface area contributed by atoms with E-state index in [9.17, 15) is 14.4 Å². The van der Waals surface area contributed by atoms with Crippen molar-refractivity contribution >= 4 is 17.6 Å². The zero-order valence-corrected chi connectivity index (χ0v) is 14.1. The number of aryl methyl sites for hydroxylation is 1. The molecule has 7 heteroatoms. The Bertz CT molecular complexity index is 876. The third kappa shape index (κ3) is 3.17. The molecule has 1 aliphatic rings. The van der Waals surface area contributed by atoms with Gasteiger partial charge in [0.2, 0.25) is 0 Å². The predicted molar refractivity (Wildman–Crippen MR) is 91.4 cm³/mol. The number of nitrogens with zero attached hydrogens (tertiary/aromatic N) is 2. The number of carbonyl (C=O) groups excluding carboxylic acids is 2. The molecule has 0 fully saturated rings. The van der Waals surface area contributed by atoms with Gasteiger partial charge in [0, 0.05) is 6.42 Å². The Morgan fingerprint density at radius 1 is 1.32 bits per heavy atom. The Kier molecular flexibility index (Phi) is 4.39. The summed E-state index contributed by atoms with van der Waals surface area (Å²) in [5.74, 6) is 0.435. The lowest BCUT2D eigenvalue weighted by Gasteiger charge is -2.24. The molecule has 0 aliphatic carbocycles. The van der Waals surface area contributed by atoms with Crippen molar-refractivity contribution in [1.29, 1.82) is 0 Å². The number of anilines is 1. The minimum absolute atomic E-state index is 0.00353. The topological polar surface area (TPSA) is 90.3 Å². The van der Waals surface area contributed by atoms with Crippen LogP contribution in [0.1, 0.15) is 31.7 Å². The van der Waals surface area contributed by atoms with E-state index in [4.69, 9.17) is 4.74 Å². The molecule has 0 spiro atoms. The molecule has 0 saturated carbocycles. The molecule has 1 aromatic carbocycles. The highest BCUT2D eigenvalue weighted by molar-refractivity contribution is 5.86. The molecule has 1 N–H and O–H groups in total. The van der Waals surface area contributed by atoms with Crippen molar-refractivity contribution in [3.05, 3.63) is 58.3 Å². The van der Waals surface area contributed by atoms with Gasteiger partial charge in [-0.1, -0.05) is 30.3 Å². The monoisotopic (exact) mass is 341 g/mol. The maximum Gasteiger partial charge on any atom is 0.412 e. The van der Waals surface area contributed by atoms with Crippen molar-refractivity contribution in [3.63, 3.8) is 0 Å². The first kappa shape index (κ1) is 16.9. The minimum Gasteiger partial charge on any atom is -0.444 e. The van der Waals surface area contributed by atoms with Crippen LogP contribution in [0.2, 0.25) is 0 Å².